The van der Waals surface area contributed by atoms with Crippen LogP contribution in [-0.4, -0.2) is 78.9 Å². The third-order valence-corrected chi connectivity index (χ3v) is 6.85. The summed E-state index contributed by atoms with van der Waals surface area (Å²) < 4.78 is 5.24. The monoisotopic (exact) mass is 415 g/mol. The van der Waals surface area contributed by atoms with Crippen molar-refractivity contribution >= 4 is 23.2 Å². The molecule has 0 radical (unpaired) electrons. The lowest BCUT2D eigenvalue weighted by atomic mass is 10.1. The Kier molecular flexibility index (Phi) is 6.20. The predicted octanol–water partition coefficient (Wildman–Crippen LogP) is 2.12. The zero-order valence-electron chi connectivity index (χ0n) is 17.1. The van der Waals surface area contributed by atoms with Crippen LogP contribution in [0.3, 0.4) is 0 Å². The zero-order chi connectivity index (χ0) is 20.2. The van der Waals surface area contributed by atoms with Crippen LogP contribution in [0, 0.1) is 0 Å². The molecule has 1 amide bonds. The van der Waals surface area contributed by atoms with Gasteiger partial charge in [0, 0.05) is 63.8 Å². The first kappa shape index (κ1) is 20.0. The van der Waals surface area contributed by atoms with Gasteiger partial charge in [0.15, 0.2) is 11.7 Å². The summed E-state index contributed by atoms with van der Waals surface area (Å²) in [7, 11) is 1.83. The number of thiophene rings is 1. The van der Waals surface area contributed by atoms with Crippen molar-refractivity contribution in [3.8, 4) is 0 Å². The fraction of sp³-hybridized carbons (Fsp3) is 0.524. The van der Waals surface area contributed by atoms with Crippen LogP contribution in [0.1, 0.15) is 27.9 Å². The number of nitrogens with one attached hydrogen (secondary N) is 1. The molecule has 0 bridgehead atoms. The molecule has 156 valence electrons. The van der Waals surface area contributed by atoms with E-state index in [0.717, 1.165) is 45.1 Å². The maximum atomic E-state index is 12.4. The number of rotatable bonds is 4. The number of hydrogen-bond acceptors (Lipinski definition) is 5. The van der Waals surface area contributed by atoms with E-state index >= 15 is 0 Å². The van der Waals surface area contributed by atoms with Crippen molar-refractivity contribution in [2.24, 2.45) is 4.99 Å². The van der Waals surface area contributed by atoms with E-state index in [-0.39, 0.29) is 5.91 Å². The summed E-state index contributed by atoms with van der Waals surface area (Å²) >= 11 is 1.88. The summed E-state index contributed by atoms with van der Waals surface area (Å²) in [6.45, 7) is 8.16. The van der Waals surface area contributed by atoms with Gasteiger partial charge in [-0.15, -0.1) is 11.3 Å². The van der Waals surface area contributed by atoms with Gasteiger partial charge in [-0.1, -0.05) is 0 Å². The van der Waals surface area contributed by atoms with Gasteiger partial charge >= 0.3 is 0 Å². The molecule has 1 N–H and O–H groups in total. The molecule has 0 saturated carbocycles. The first-order valence-corrected chi connectivity index (χ1v) is 11.1. The number of carbonyl (C=O) groups excluding carboxylic acids is 1. The second kappa shape index (κ2) is 9.00. The third-order valence-electron chi connectivity index (χ3n) is 5.83. The van der Waals surface area contributed by atoms with Crippen LogP contribution in [0.2, 0.25) is 0 Å². The van der Waals surface area contributed by atoms with Crippen molar-refractivity contribution in [2.45, 2.75) is 25.9 Å². The van der Waals surface area contributed by atoms with E-state index in [9.17, 15) is 4.79 Å². The number of aliphatic imine (C=N–C) groups is 1. The fourth-order valence-corrected chi connectivity index (χ4v) is 4.91. The maximum Gasteiger partial charge on any atom is 0.289 e. The summed E-state index contributed by atoms with van der Waals surface area (Å²) in [6, 6.07) is 6.16. The van der Waals surface area contributed by atoms with E-state index in [2.05, 4.69) is 38.5 Å². The standard InChI is InChI=1S/C21H29N5O2S/c1-16(26-7-5-19-17(15-26)6-13-29-19)14-23-21(22-2)25-10-8-24(9-11-25)20(27)18-4-3-12-28-18/h3-4,6,12-13,16H,5,7-11,14-15H2,1-2H3,(H,22,23). The Labute approximate surface area is 176 Å². The molecule has 2 aromatic rings. The van der Waals surface area contributed by atoms with Gasteiger partial charge in [0.1, 0.15) is 0 Å². The number of amides is 1. The molecule has 4 rings (SSSR count). The SMILES string of the molecule is CN=C(NCC(C)N1CCc2sccc2C1)N1CCN(C(=O)c2ccco2)CC1. The van der Waals surface area contributed by atoms with Crippen LogP contribution >= 0.6 is 11.3 Å². The van der Waals surface area contributed by atoms with E-state index in [4.69, 9.17) is 4.42 Å². The molecule has 4 heterocycles. The van der Waals surface area contributed by atoms with Gasteiger partial charge in [-0.3, -0.25) is 14.7 Å². The van der Waals surface area contributed by atoms with Gasteiger partial charge in [0.2, 0.25) is 0 Å². The lowest BCUT2D eigenvalue weighted by Crippen LogP contribution is -2.55. The number of fused-ring (bicyclic) bond motifs is 1. The lowest BCUT2D eigenvalue weighted by Gasteiger charge is -2.37. The minimum Gasteiger partial charge on any atom is -0.459 e. The normalized spacial score (nSPS) is 19.2. The fourth-order valence-electron chi connectivity index (χ4n) is 4.02. The lowest BCUT2D eigenvalue weighted by molar-refractivity contribution is 0.0657. The highest BCUT2D eigenvalue weighted by atomic mass is 32.1. The average Bonchev–Trinajstić information content (AvgIpc) is 3.45. The van der Waals surface area contributed by atoms with Crippen molar-refractivity contribution in [2.75, 3.05) is 46.3 Å². The van der Waals surface area contributed by atoms with E-state index in [1.807, 2.05) is 23.3 Å². The molecule has 0 aliphatic carbocycles. The third kappa shape index (κ3) is 4.48. The quantitative estimate of drug-likeness (QED) is 0.612. The Morgan fingerprint density at radius 1 is 1.24 bits per heavy atom. The first-order chi connectivity index (χ1) is 14.2. The Balaban J connectivity index is 1.25. The Morgan fingerprint density at radius 2 is 2.03 bits per heavy atom. The molecule has 0 spiro atoms. The molecule has 7 nitrogen and oxygen atoms in total. The predicted molar refractivity (Wildman–Crippen MR) is 115 cm³/mol. The van der Waals surface area contributed by atoms with Crippen LogP contribution in [-0.2, 0) is 13.0 Å². The van der Waals surface area contributed by atoms with Gasteiger partial charge in [-0.05, 0) is 42.5 Å². The summed E-state index contributed by atoms with van der Waals surface area (Å²) in [5, 5.41) is 5.74. The smallest absolute Gasteiger partial charge is 0.289 e. The maximum absolute atomic E-state index is 12.4. The highest BCUT2D eigenvalue weighted by Crippen LogP contribution is 2.25. The minimum atomic E-state index is -0.0379. The van der Waals surface area contributed by atoms with Crippen molar-refractivity contribution in [1.29, 1.82) is 0 Å². The van der Waals surface area contributed by atoms with Crippen LogP contribution in [0.5, 0.6) is 0 Å². The number of guanidine groups is 1. The van der Waals surface area contributed by atoms with Gasteiger partial charge in [0.25, 0.3) is 5.91 Å². The van der Waals surface area contributed by atoms with Crippen LogP contribution in [0.25, 0.3) is 0 Å². The topological polar surface area (TPSA) is 64.3 Å². The minimum absolute atomic E-state index is 0.0379. The van der Waals surface area contributed by atoms with E-state index in [0.29, 0.717) is 24.9 Å². The highest BCUT2D eigenvalue weighted by Gasteiger charge is 2.26. The highest BCUT2D eigenvalue weighted by molar-refractivity contribution is 7.10. The molecular weight excluding hydrogens is 386 g/mol. The van der Waals surface area contributed by atoms with Crippen molar-refractivity contribution in [3.63, 3.8) is 0 Å². The summed E-state index contributed by atoms with van der Waals surface area (Å²) in [6.07, 6.45) is 2.69. The zero-order valence-corrected chi connectivity index (χ0v) is 18.0. The van der Waals surface area contributed by atoms with Crippen LogP contribution < -0.4 is 5.32 Å². The number of nitrogens with zero attached hydrogens (tertiary/aromatic N) is 4. The van der Waals surface area contributed by atoms with Crippen molar-refractivity contribution in [3.05, 3.63) is 46.0 Å². The van der Waals surface area contributed by atoms with Crippen molar-refractivity contribution < 1.29 is 9.21 Å². The molecule has 2 aliphatic rings. The molecule has 1 fully saturated rings. The summed E-state index contributed by atoms with van der Waals surface area (Å²) in [5.74, 6) is 1.28. The molecule has 8 heteroatoms. The van der Waals surface area contributed by atoms with Gasteiger partial charge < -0.3 is 19.5 Å². The molecule has 1 unspecified atom stereocenters. The number of furan rings is 1. The van der Waals surface area contributed by atoms with E-state index in [1.165, 1.54) is 11.8 Å². The van der Waals surface area contributed by atoms with Gasteiger partial charge in [-0.25, -0.2) is 0 Å². The van der Waals surface area contributed by atoms with Crippen molar-refractivity contribution in [1.82, 2.24) is 20.0 Å². The molecule has 29 heavy (non-hydrogen) atoms. The molecular formula is C21H29N5O2S. The number of piperazine rings is 1. The molecule has 2 aliphatic heterocycles. The van der Waals surface area contributed by atoms with E-state index in [1.54, 1.807) is 17.0 Å². The summed E-state index contributed by atoms with van der Waals surface area (Å²) in [4.78, 5) is 25.0. The molecule has 1 saturated heterocycles. The second-order valence-electron chi connectivity index (χ2n) is 7.62. The van der Waals surface area contributed by atoms with Gasteiger partial charge in [0.05, 0.1) is 6.26 Å². The van der Waals surface area contributed by atoms with Crippen LogP contribution in [0.15, 0.2) is 39.3 Å². The largest absolute Gasteiger partial charge is 0.459 e. The van der Waals surface area contributed by atoms with Gasteiger partial charge in [-0.2, -0.15) is 0 Å². The van der Waals surface area contributed by atoms with Crippen LogP contribution in [0.4, 0.5) is 0 Å². The Morgan fingerprint density at radius 3 is 2.76 bits per heavy atom. The average molecular weight is 416 g/mol. The first-order valence-electron chi connectivity index (χ1n) is 10.2. The molecule has 0 aromatic carbocycles. The second-order valence-corrected chi connectivity index (χ2v) is 8.62. The molecule has 2 aromatic heterocycles. The Bertz CT molecular complexity index is 839. The number of carbonyl (C=O) groups is 1. The van der Waals surface area contributed by atoms with E-state index < -0.39 is 0 Å². The Hall–Kier alpha value is -2.32. The summed E-state index contributed by atoms with van der Waals surface area (Å²) in [5.41, 5.74) is 1.48. The molecule has 1 atom stereocenters. The number of hydrogen-bond donors (Lipinski definition) is 1.